The molecular formula is C12H23NO3. The summed E-state index contributed by atoms with van der Waals surface area (Å²) in [5.74, 6) is 0.0743. The summed E-state index contributed by atoms with van der Waals surface area (Å²) >= 11 is 0. The van der Waals surface area contributed by atoms with Crippen LogP contribution in [0.2, 0.25) is 0 Å². The number of ketones is 1. The van der Waals surface area contributed by atoms with Crippen molar-refractivity contribution in [1.82, 2.24) is 5.32 Å². The highest BCUT2D eigenvalue weighted by atomic mass is 16.6. The fourth-order valence-corrected chi connectivity index (χ4v) is 1.31. The van der Waals surface area contributed by atoms with Gasteiger partial charge in [-0.05, 0) is 33.6 Å². The quantitative estimate of drug-likeness (QED) is 0.805. The molecule has 0 bridgehead atoms. The van der Waals surface area contributed by atoms with E-state index in [-0.39, 0.29) is 11.7 Å². The summed E-state index contributed by atoms with van der Waals surface area (Å²) in [6.07, 6.45) is 0.299. The highest BCUT2D eigenvalue weighted by Gasteiger charge is 2.25. The molecular weight excluding hydrogens is 206 g/mol. The Morgan fingerprint density at radius 2 is 1.81 bits per heavy atom. The van der Waals surface area contributed by atoms with Crippen molar-refractivity contribution in [2.45, 2.75) is 59.6 Å². The van der Waals surface area contributed by atoms with Gasteiger partial charge in [-0.3, -0.25) is 4.79 Å². The maximum Gasteiger partial charge on any atom is 0.408 e. The zero-order chi connectivity index (χ0) is 12.9. The smallest absolute Gasteiger partial charge is 0.408 e. The lowest BCUT2D eigenvalue weighted by Crippen LogP contribution is -2.46. The van der Waals surface area contributed by atoms with E-state index in [1.54, 1.807) is 20.8 Å². The molecule has 0 fully saturated rings. The van der Waals surface area contributed by atoms with Crippen molar-refractivity contribution in [2.24, 2.45) is 5.92 Å². The van der Waals surface area contributed by atoms with E-state index in [2.05, 4.69) is 5.32 Å². The molecule has 1 N–H and O–H groups in total. The number of hydrogen-bond acceptors (Lipinski definition) is 3. The molecule has 2 atom stereocenters. The molecule has 0 aromatic heterocycles. The van der Waals surface area contributed by atoms with Crippen LogP contribution in [0.4, 0.5) is 4.79 Å². The molecule has 1 unspecified atom stereocenters. The molecule has 0 aliphatic heterocycles. The van der Waals surface area contributed by atoms with E-state index in [4.69, 9.17) is 4.74 Å². The average Bonchev–Trinajstić information content (AvgIpc) is 2.09. The Morgan fingerprint density at radius 1 is 1.31 bits per heavy atom. The molecule has 0 spiro atoms. The van der Waals surface area contributed by atoms with Crippen LogP contribution in [0.3, 0.4) is 0 Å². The Morgan fingerprint density at radius 3 is 2.12 bits per heavy atom. The summed E-state index contributed by atoms with van der Waals surface area (Å²) in [6, 6.07) is -0.458. The molecule has 16 heavy (non-hydrogen) atoms. The first kappa shape index (κ1) is 14.9. The molecule has 4 heteroatoms. The normalized spacial score (nSPS) is 15.1. The zero-order valence-corrected chi connectivity index (χ0v) is 11.1. The molecule has 1 amide bonds. The van der Waals surface area contributed by atoms with Crippen LogP contribution in [0.15, 0.2) is 0 Å². The van der Waals surface area contributed by atoms with Crippen molar-refractivity contribution in [2.75, 3.05) is 0 Å². The molecule has 0 aromatic carbocycles. The van der Waals surface area contributed by atoms with Gasteiger partial charge >= 0.3 is 6.09 Å². The van der Waals surface area contributed by atoms with E-state index in [0.29, 0.717) is 0 Å². The van der Waals surface area contributed by atoms with Gasteiger partial charge in [-0.15, -0.1) is 0 Å². The summed E-state index contributed by atoms with van der Waals surface area (Å²) in [5, 5.41) is 2.61. The third-order valence-corrected chi connectivity index (χ3v) is 2.32. The van der Waals surface area contributed by atoms with Crippen LogP contribution in [-0.4, -0.2) is 23.5 Å². The van der Waals surface area contributed by atoms with Crippen LogP contribution < -0.4 is 5.32 Å². The second-order valence-electron chi connectivity index (χ2n) is 5.12. The fourth-order valence-electron chi connectivity index (χ4n) is 1.31. The van der Waals surface area contributed by atoms with E-state index in [1.807, 2.05) is 13.8 Å². The van der Waals surface area contributed by atoms with Gasteiger partial charge in [0.25, 0.3) is 0 Å². The third kappa shape index (κ3) is 5.73. The predicted octanol–water partition coefficient (Wildman–Crippen LogP) is 2.51. The number of nitrogens with one attached hydrogen (secondary N) is 1. The van der Waals surface area contributed by atoms with E-state index >= 15 is 0 Å². The minimum absolute atomic E-state index is 0.0415. The second-order valence-corrected chi connectivity index (χ2v) is 5.12. The summed E-state index contributed by atoms with van der Waals surface area (Å²) in [6.45, 7) is 10.8. The van der Waals surface area contributed by atoms with Crippen molar-refractivity contribution in [3.63, 3.8) is 0 Å². The van der Waals surface area contributed by atoms with Crippen LogP contribution >= 0.6 is 0 Å². The predicted molar refractivity (Wildman–Crippen MR) is 63.3 cm³/mol. The molecule has 0 aromatic rings. The summed E-state index contributed by atoms with van der Waals surface area (Å²) in [7, 11) is 0. The van der Waals surface area contributed by atoms with Crippen molar-refractivity contribution >= 4 is 11.9 Å². The largest absolute Gasteiger partial charge is 0.444 e. The van der Waals surface area contributed by atoms with Gasteiger partial charge in [0, 0.05) is 0 Å². The van der Waals surface area contributed by atoms with Crippen LogP contribution in [-0.2, 0) is 9.53 Å². The summed E-state index contributed by atoms with van der Waals surface area (Å²) in [4.78, 5) is 22.9. The van der Waals surface area contributed by atoms with E-state index < -0.39 is 17.7 Å². The van der Waals surface area contributed by atoms with Crippen molar-refractivity contribution in [1.29, 1.82) is 0 Å². The molecule has 0 aliphatic carbocycles. The first-order valence-corrected chi connectivity index (χ1v) is 5.67. The van der Waals surface area contributed by atoms with Crippen LogP contribution in [0, 0.1) is 5.92 Å². The molecule has 0 aliphatic rings. The third-order valence-electron chi connectivity index (χ3n) is 2.32. The monoisotopic (exact) mass is 229 g/mol. The summed E-state index contributed by atoms with van der Waals surface area (Å²) in [5.41, 5.74) is -0.541. The van der Waals surface area contributed by atoms with Crippen LogP contribution in [0.1, 0.15) is 48.0 Å². The Balaban J connectivity index is 4.42. The molecule has 0 saturated heterocycles. The van der Waals surface area contributed by atoms with Crippen LogP contribution in [0.25, 0.3) is 0 Å². The van der Waals surface area contributed by atoms with E-state index in [0.717, 1.165) is 6.42 Å². The number of hydrogen-bond donors (Lipinski definition) is 1. The average molecular weight is 229 g/mol. The number of amides is 1. The minimum atomic E-state index is -0.541. The lowest BCUT2D eigenvalue weighted by Gasteiger charge is -2.25. The van der Waals surface area contributed by atoms with Crippen LogP contribution in [0.5, 0.6) is 0 Å². The lowest BCUT2D eigenvalue weighted by atomic mass is 9.96. The van der Waals surface area contributed by atoms with E-state index in [9.17, 15) is 9.59 Å². The molecule has 4 nitrogen and oxygen atoms in total. The van der Waals surface area contributed by atoms with Gasteiger partial charge in [0.1, 0.15) is 5.60 Å². The lowest BCUT2D eigenvalue weighted by molar-refractivity contribution is -0.120. The number of rotatable bonds is 4. The maximum atomic E-state index is 11.5. The Labute approximate surface area is 97.7 Å². The van der Waals surface area contributed by atoms with Crippen molar-refractivity contribution in [3.05, 3.63) is 0 Å². The SMILES string of the molecule is CCC(C)[C@H](NC(=O)OC(C)(C)C)C(C)=O. The number of Topliss-reactive ketones (excluding diaryl/α,β-unsaturated/α-hetero) is 1. The van der Waals surface area contributed by atoms with Gasteiger partial charge in [-0.1, -0.05) is 20.3 Å². The standard InChI is InChI=1S/C12H23NO3/c1-7-8(2)10(9(3)14)13-11(15)16-12(4,5)6/h8,10H,7H2,1-6H3,(H,13,15)/t8?,10-/m0/s1. The van der Waals surface area contributed by atoms with Gasteiger partial charge in [-0.25, -0.2) is 4.79 Å². The van der Waals surface area contributed by atoms with Gasteiger partial charge in [0.05, 0.1) is 6.04 Å². The molecule has 0 rings (SSSR count). The highest BCUT2D eigenvalue weighted by Crippen LogP contribution is 2.11. The number of carbonyl (C=O) groups excluding carboxylic acids is 2. The van der Waals surface area contributed by atoms with Gasteiger partial charge in [0.15, 0.2) is 5.78 Å². The maximum absolute atomic E-state index is 11.5. The second kappa shape index (κ2) is 5.87. The number of alkyl carbamates (subject to hydrolysis) is 1. The number of carbonyl (C=O) groups is 2. The summed E-state index contributed by atoms with van der Waals surface area (Å²) < 4.78 is 5.11. The first-order chi connectivity index (χ1) is 7.17. The topological polar surface area (TPSA) is 55.4 Å². The van der Waals surface area contributed by atoms with Gasteiger partial charge < -0.3 is 10.1 Å². The molecule has 0 heterocycles. The number of ether oxygens (including phenoxy) is 1. The Hall–Kier alpha value is -1.06. The zero-order valence-electron chi connectivity index (χ0n) is 11.1. The molecule has 94 valence electrons. The molecule has 0 radical (unpaired) electrons. The van der Waals surface area contributed by atoms with Crippen molar-refractivity contribution < 1.29 is 14.3 Å². The first-order valence-electron chi connectivity index (χ1n) is 5.67. The van der Waals surface area contributed by atoms with Gasteiger partial charge in [-0.2, -0.15) is 0 Å². The van der Waals surface area contributed by atoms with E-state index in [1.165, 1.54) is 6.92 Å². The highest BCUT2D eigenvalue weighted by molar-refractivity contribution is 5.85. The van der Waals surface area contributed by atoms with Gasteiger partial charge in [0.2, 0.25) is 0 Å². The van der Waals surface area contributed by atoms with Crippen molar-refractivity contribution in [3.8, 4) is 0 Å². The minimum Gasteiger partial charge on any atom is -0.444 e. The Bertz CT molecular complexity index is 255. The Kier molecular flexibility index (Phi) is 5.48. The molecule has 0 saturated carbocycles. The fraction of sp³-hybridized carbons (Fsp3) is 0.833.